The minimum absolute atomic E-state index is 0.0207. The number of hydrogen-bond acceptors (Lipinski definition) is 3. The van der Waals surface area contributed by atoms with Gasteiger partial charge in [0.2, 0.25) is 5.91 Å². The summed E-state index contributed by atoms with van der Waals surface area (Å²) in [5.41, 5.74) is 0.986. The van der Waals surface area contributed by atoms with Crippen LogP contribution in [0.2, 0.25) is 0 Å². The third kappa shape index (κ3) is 3.31. The van der Waals surface area contributed by atoms with E-state index >= 15 is 0 Å². The van der Waals surface area contributed by atoms with Gasteiger partial charge in [-0.3, -0.25) is 4.79 Å². The lowest BCUT2D eigenvalue weighted by atomic mass is 10.0. The fraction of sp³-hybridized carbons (Fsp3) is 0.429. The highest BCUT2D eigenvalue weighted by Crippen LogP contribution is 2.11. The highest BCUT2D eigenvalue weighted by Gasteiger charge is 2.28. The Bertz CT molecular complexity index is 474. The van der Waals surface area contributed by atoms with E-state index in [0.29, 0.717) is 12.1 Å². The number of nitrogens with zero attached hydrogens (tertiary/aromatic N) is 2. The molecule has 0 spiro atoms. The van der Waals surface area contributed by atoms with E-state index in [1.54, 1.807) is 31.1 Å². The standard InChI is InChI=1S/C14H19N3O/c1-14(2,16-3)13(18)17(4)10-12-7-5-6-11(8-12)9-15/h5-8,16H,10H2,1-4H3. The summed E-state index contributed by atoms with van der Waals surface area (Å²) in [6, 6.07) is 9.39. The van der Waals surface area contributed by atoms with Gasteiger partial charge in [-0.05, 0) is 38.6 Å². The maximum atomic E-state index is 12.2. The van der Waals surface area contributed by atoms with Crippen LogP contribution in [0.25, 0.3) is 0 Å². The van der Waals surface area contributed by atoms with Crippen LogP contribution in [0.5, 0.6) is 0 Å². The van der Waals surface area contributed by atoms with Gasteiger partial charge < -0.3 is 10.2 Å². The first-order valence-corrected chi connectivity index (χ1v) is 5.84. The molecule has 0 aliphatic heterocycles. The number of rotatable bonds is 4. The van der Waals surface area contributed by atoms with Crippen molar-refractivity contribution in [3.63, 3.8) is 0 Å². The summed E-state index contributed by atoms with van der Waals surface area (Å²) in [5, 5.41) is 11.8. The van der Waals surface area contributed by atoms with Crippen LogP contribution >= 0.6 is 0 Å². The first-order chi connectivity index (χ1) is 8.40. The third-order valence-corrected chi connectivity index (χ3v) is 2.98. The molecule has 0 saturated carbocycles. The van der Waals surface area contributed by atoms with Crippen LogP contribution in [0.3, 0.4) is 0 Å². The Kier molecular flexibility index (Phi) is 4.46. The van der Waals surface area contributed by atoms with E-state index in [1.807, 2.05) is 26.0 Å². The second-order valence-electron chi connectivity index (χ2n) is 4.85. The molecule has 96 valence electrons. The SMILES string of the molecule is CNC(C)(C)C(=O)N(C)Cc1cccc(C#N)c1. The van der Waals surface area contributed by atoms with E-state index in [1.165, 1.54) is 0 Å². The van der Waals surface area contributed by atoms with Gasteiger partial charge in [-0.25, -0.2) is 0 Å². The molecule has 0 aliphatic rings. The molecule has 18 heavy (non-hydrogen) atoms. The molecule has 0 saturated heterocycles. The van der Waals surface area contributed by atoms with E-state index in [9.17, 15) is 4.79 Å². The fourth-order valence-corrected chi connectivity index (χ4v) is 1.67. The lowest BCUT2D eigenvalue weighted by molar-refractivity contribution is -0.136. The largest absolute Gasteiger partial charge is 0.340 e. The van der Waals surface area contributed by atoms with Crippen LogP contribution in [-0.2, 0) is 11.3 Å². The lowest BCUT2D eigenvalue weighted by Gasteiger charge is -2.29. The van der Waals surface area contributed by atoms with Gasteiger partial charge in [-0.2, -0.15) is 5.26 Å². The van der Waals surface area contributed by atoms with E-state index in [0.717, 1.165) is 5.56 Å². The van der Waals surface area contributed by atoms with Crippen molar-refractivity contribution in [1.82, 2.24) is 10.2 Å². The zero-order valence-corrected chi connectivity index (χ0v) is 11.3. The molecule has 1 N–H and O–H groups in total. The van der Waals surface area contributed by atoms with Crippen LogP contribution < -0.4 is 5.32 Å². The van der Waals surface area contributed by atoms with Crippen LogP contribution in [-0.4, -0.2) is 30.4 Å². The third-order valence-electron chi connectivity index (χ3n) is 2.98. The number of benzene rings is 1. The summed E-state index contributed by atoms with van der Waals surface area (Å²) in [6.07, 6.45) is 0. The van der Waals surface area contributed by atoms with Crippen molar-refractivity contribution in [3.8, 4) is 6.07 Å². The van der Waals surface area contributed by atoms with E-state index in [-0.39, 0.29) is 5.91 Å². The molecule has 4 heteroatoms. The Balaban J connectivity index is 2.79. The van der Waals surface area contributed by atoms with Crippen LogP contribution in [0, 0.1) is 11.3 Å². The summed E-state index contributed by atoms with van der Waals surface area (Å²) in [5.74, 6) is 0.0207. The normalized spacial score (nSPS) is 10.8. The summed E-state index contributed by atoms with van der Waals surface area (Å²) in [7, 11) is 3.53. The molecule has 0 bridgehead atoms. The summed E-state index contributed by atoms with van der Waals surface area (Å²) >= 11 is 0. The zero-order valence-electron chi connectivity index (χ0n) is 11.3. The maximum absolute atomic E-state index is 12.2. The van der Waals surface area contributed by atoms with Crippen molar-refractivity contribution in [2.45, 2.75) is 25.9 Å². The number of carbonyl (C=O) groups excluding carboxylic acids is 1. The van der Waals surface area contributed by atoms with E-state index < -0.39 is 5.54 Å². The van der Waals surface area contributed by atoms with Crippen LogP contribution in [0.4, 0.5) is 0 Å². The number of nitriles is 1. The molecule has 0 unspecified atom stereocenters. The Morgan fingerprint density at radius 3 is 2.72 bits per heavy atom. The Hall–Kier alpha value is -1.86. The zero-order chi connectivity index (χ0) is 13.8. The fourth-order valence-electron chi connectivity index (χ4n) is 1.67. The minimum Gasteiger partial charge on any atom is -0.340 e. The summed E-state index contributed by atoms with van der Waals surface area (Å²) in [4.78, 5) is 13.8. The van der Waals surface area contributed by atoms with Crippen LogP contribution in [0.15, 0.2) is 24.3 Å². The maximum Gasteiger partial charge on any atom is 0.242 e. The molecular formula is C14H19N3O. The van der Waals surface area contributed by atoms with Gasteiger partial charge in [0.25, 0.3) is 0 Å². The Morgan fingerprint density at radius 2 is 2.17 bits per heavy atom. The minimum atomic E-state index is -0.582. The number of hydrogen-bond donors (Lipinski definition) is 1. The van der Waals surface area contributed by atoms with Crippen molar-refractivity contribution >= 4 is 5.91 Å². The first kappa shape index (κ1) is 14.2. The van der Waals surface area contributed by atoms with Crippen molar-refractivity contribution in [2.24, 2.45) is 0 Å². The van der Waals surface area contributed by atoms with Gasteiger partial charge in [-0.15, -0.1) is 0 Å². The molecule has 1 rings (SSSR count). The van der Waals surface area contributed by atoms with Gasteiger partial charge in [-0.1, -0.05) is 12.1 Å². The van der Waals surface area contributed by atoms with E-state index in [4.69, 9.17) is 5.26 Å². The van der Waals surface area contributed by atoms with Gasteiger partial charge >= 0.3 is 0 Å². The van der Waals surface area contributed by atoms with Gasteiger partial charge in [0.05, 0.1) is 17.2 Å². The summed E-state index contributed by atoms with van der Waals surface area (Å²) in [6.45, 7) is 4.19. The van der Waals surface area contributed by atoms with Crippen molar-refractivity contribution in [3.05, 3.63) is 35.4 Å². The number of carbonyl (C=O) groups is 1. The van der Waals surface area contributed by atoms with Gasteiger partial charge in [0.1, 0.15) is 0 Å². The molecule has 0 radical (unpaired) electrons. The molecule has 0 heterocycles. The van der Waals surface area contributed by atoms with Gasteiger partial charge in [0.15, 0.2) is 0 Å². The van der Waals surface area contributed by atoms with Crippen LogP contribution in [0.1, 0.15) is 25.0 Å². The quantitative estimate of drug-likeness (QED) is 0.875. The second kappa shape index (κ2) is 5.65. The molecule has 0 aliphatic carbocycles. The van der Waals surface area contributed by atoms with Gasteiger partial charge in [0, 0.05) is 13.6 Å². The highest BCUT2D eigenvalue weighted by atomic mass is 16.2. The van der Waals surface area contributed by atoms with E-state index in [2.05, 4.69) is 11.4 Å². The average Bonchev–Trinajstić information content (AvgIpc) is 2.37. The molecular weight excluding hydrogens is 226 g/mol. The molecule has 1 aromatic carbocycles. The van der Waals surface area contributed by atoms with Crippen molar-refractivity contribution < 1.29 is 4.79 Å². The molecule has 1 aromatic rings. The topological polar surface area (TPSA) is 56.1 Å². The molecule has 0 fully saturated rings. The predicted molar refractivity (Wildman–Crippen MR) is 70.8 cm³/mol. The van der Waals surface area contributed by atoms with Crippen molar-refractivity contribution in [1.29, 1.82) is 5.26 Å². The molecule has 0 aromatic heterocycles. The predicted octanol–water partition coefficient (Wildman–Crippen LogP) is 1.51. The Morgan fingerprint density at radius 1 is 1.50 bits per heavy atom. The lowest BCUT2D eigenvalue weighted by Crippen LogP contribution is -2.51. The molecule has 0 atom stereocenters. The van der Waals surface area contributed by atoms with Crippen molar-refractivity contribution in [2.75, 3.05) is 14.1 Å². The average molecular weight is 245 g/mol. The number of nitrogens with one attached hydrogen (secondary N) is 1. The number of amides is 1. The second-order valence-corrected chi connectivity index (χ2v) is 4.85. The molecule has 4 nitrogen and oxygen atoms in total. The first-order valence-electron chi connectivity index (χ1n) is 5.84. The highest BCUT2D eigenvalue weighted by molar-refractivity contribution is 5.85. The monoisotopic (exact) mass is 245 g/mol. The smallest absolute Gasteiger partial charge is 0.242 e. The number of likely N-dealkylation sites (N-methyl/N-ethyl adjacent to an activating group) is 2. The summed E-state index contributed by atoms with van der Waals surface area (Å²) < 4.78 is 0. The molecule has 1 amide bonds. The Labute approximate surface area is 108 Å².